The molecule has 1 saturated carbocycles. The van der Waals surface area contributed by atoms with Crippen LogP contribution in [0.3, 0.4) is 0 Å². The van der Waals surface area contributed by atoms with E-state index in [4.69, 9.17) is 0 Å². The first-order valence-corrected chi connectivity index (χ1v) is 9.48. The maximum absolute atomic E-state index is 11.1. The third kappa shape index (κ3) is 7.59. The third-order valence-electron chi connectivity index (χ3n) is 4.74. The number of hydrogen-bond donors (Lipinski definition) is 3. The fourth-order valence-corrected chi connectivity index (χ4v) is 3.43. The normalized spacial score (nSPS) is 15.2. The molecule has 1 amide bonds. The maximum Gasteiger partial charge on any atom is 0.221 e. The third-order valence-corrected chi connectivity index (χ3v) is 4.74. The molecule has 0 aliphatic heterocycles. The van der Waals surface area contributed by atoms with E-state index in [0.29, 0.717) is 6.54 Å². The lowest BCUT2D eigenvalue weighted by Gasteiger charge is -2.13. The zero-order valence-electron chi connectivity index (χ0n) is 15.6. The number of carbonyl (C=O) groups excluding carboxylic acids is 1. The van der Waals surface area contributed by atoms with Crippen molar-refractivity contribution in [2.45, 2.75) is 58.4 Å². The second-order valence-corrected chi connectivity index (χ2v) is 6.88. The topological polar surface area (TPSA) is 65.5 Å². The molecule has 2 rings (SSSR count). The Hall–Kier alpha value is -2.04. The number of nitrogens with zero attached hydrogens (tertiary/aromatic N) is 1. The quantitative estimate of drug-likeness (QED) is 0.383. The SMILES string of the molecule is CN=C(NCCCCC1CCCC1)NCc1cccc(NC(C)=O)c1. The van der Waals surface area contributed by atoms with Crippen LogP contribution in [0.15, 0.2) is 29.3 Å². The first kappa shape index (κ1) is 19.3. The summed E-state index contributed by atoms with van der Waals surface area (Å²) in [6, 6.07) is 7.85. The molecule has 1 aliphatic carbocycles. The highest BCUT2D eigenvalue weighted by atomic mass is 16.1. The first-order valence-electron chi connectivity index (χ1n) is 9.48. The van der Waals surface area contributed by atoms with E-state index in [2.05, 4.69) is 20.9 Å². The van der Waals surface area contributed by atoms with Crippen molar-refractivity contribution < 1.29 is 4.79 Å². The van der Waals surface area contributed by atoms with Gasteiger partial charge < -0.3 is 16.0 Å². The molecule has 0 saturated heterocycles. The molecule has 0 atom stereocenters. The molecular formula is C20H32N4O. The molecule has 1 aromatic carbocycles. The van der Waals surface area contributed by atoms with Crippen LogP contribution in [-0.4, -0.2) is 25.5 Å². The minimum atomic E-state index is -0.0554. The summed E-state index contributed by atoms with van der Waals surface area (Å²) in [5.74, 6) is 1.75. The maximum atomic E-state index is 11.1. The Morgan fingerprint density at radius 3 is 2.72 bits per heavy atom. The number of aliphatic imine (C=N–C) groups is 1. The van der Waals surface area contributed by atoms with Crippen molar-refractivity contribution in [1.29, 1.82) is 0 Å². The van der Waals surface area contributed by atoms with Crippen LogP contribution in [0.5, 0.6) is 0 Å². The number of rotatable bonds is 8. The molecule has 0 unspecified atom stereocenters. The van der Waals surface area contributed by atoms with Crippen LogP contribution in [-0.2, 0) is 11.3 Å². The van der Waals surface area contributed by atoms with Gasteiger partial charge in [0.1, 0.15) is 0 Å². The van der Waals surface area contributed by atoms with Crippen LogP contribution in [0.4, 0.5) is 5.69 Å². The molecule has 1 aliphatic rings. The van der Waals surface area contributed by atoms with Gasteiger partial charge in [-0.3, -0.25) is 9.79 Å². The standard InChI is InChI=1S/C20H32N4O/c1-16(25)24-19-12-7-11-18(14-19)15-23-20(21-2)22-13-6-5-10-17-8-3-4-9-17/h7,11-12,14,17H,3-6,8-10,13,15H2,1-2H3,(H,24,25)(H2,21,22,23). The Morgan fingerprint density at radius 1 is 1.20 bits per heavy atom. The van der Waals surface area contributed by atoms with Gasteiger partial charge in [-0.2, -0.15) is 0 Å². The predicted molar refractivity (Wildman–Crippen MR) is 105 cm³/mol. The van der Waals surface area contributed by atoms with Gasteiger partial charge in [0.25, 0.3) is 0 Å². The molecule has 138 valence electrons. The first-order chi connectivity index (χ1) is 12.2. The van der Waals surface area contributed by atoms with Gasteiger partial charge in [0, 0.05) is 32.7 Å². The highest BCUT2D eigenvalue weighted by Crippen LogP contribution is 2.28. The molecule has 0 radical (unpaired) electrons. The second-order valence-electron chi connectivity index (χ2n) is 6.88. The van der Waals surface area contributed by atoms with Crippen molar-refractivity contribution in [2.75, 3.05) is 18.9 Å². The molecule has 5 heteroatoms. The number of carbonyl (C=O) groups is 1. The van der Waals surface area contributed by atoms with Crippen molar-refractivity contribution in [2.24, 2.45) is 10.9 Å². The lowest BCUT2D eigenvalue weighted by Crippen LogP contribution is -2.37. The number of anilines is 1. The Labute approximate surface area is 151 Å². The minimum absolute atomic E-state index is 0.0554. The Bertz CT molecular complexity index is 565. The van der Waals surface area contributed by atoms with Crippen LogP contribution >= 0.6 is 0 Å². The number of benzene rings is 1. The molecule has 3 N–H and O–H groups in total. The van der Waals surface area contributed by atoms with Crippen LogP contribution in [0.2, 0.25) is 0 Å². The molecule has 1 fully saturated rings. The van der Waals surface area contributed by atoms with Gasteiger partial charge in [-0.25, -0.2) is 0 Å². The van der Waals surface area contributed by atoms with Gasteiger partial charge in [-0.05, 0) is 30.0 Å². The van der Waals surface area contributed by atoms with Crippen molar-refractivity contribution >= 4 is 17.6 Å². The minimum Gasteiger partial charge on any atom is -0.356 e. The fourth-order valence-electron chi connectivity index (χ4n) is 3.43. The zero-order valence-corrected chi connectivity index (χ0v) is 15.6. The average Bonchev–Trinajstić information content (AvgIpc) is 3.10. The summed E-state index contributed by atoms with van der Waals surface area (Å²) in [6.07, 6.45) is 9.61. The van der Waals surface area contributed by atoms with Crippen LogP contribution in [0.25, 0.3) is 0 Å². The Balaban J connectivity index is 1.65. The molecule has 0 spiro atoms. The largest absolute Gasteiger partial charge is 0.356 e. The Kier molecular flexibility index (Phi) is 8.29. The van der Waals surface area contributed by atoms with Crippen molar-refractivity contribution in [3.8, 4) is 0 Å². The summed E-state index contributed by atoms with van der Waals surface area (Å²) < 4.78 is 0. The number of guanidine groups is 1. The van der Waals surface area contributed by atoms with E-state index in [0.717, 1.165) is 29.7 Å². The molecular weight excluding hydrogens is 312 g/mol. The fraction of sp³-hybridized carbons (Fsp3) is 0.600. The molecule has 25 heavy (non-hydrogen) atoms. The molecule has 5 nitrogen and oxygen atoms in total. The van der Waals surface area contributed by atoms with Crippen LogP contribution < -0.4 is 16.0 Å². The lowest BCUT2D eigenvalue weighted by atomic mass is 10.0. The molecule has 0 bridgehead atoms. The predicted octanol–water partition coefficient (Wildman–Crippen LogP) is 3.67. The molecule has 0 heterocycles. The summed E-state index contributed by atoms with van der Waals surface area (Å²) in [4.78, 5) is 15.4. The molecule has 1 aromatic rings. The Morgan fingerprint density at radius 2 is 2.00 bits per heavy atom. The van der Waals surface area contributed by atoms with Crippen LogP contribution in [0, 0.1) is 5.92 Å². The van der Waals surface area contributed by atoms with Gasteiger partial charge in [0.05, 0.1) is 0 Å². The van der Waals surface area contributed by atoms with E-state index in [1.807, 2.05) is 24.3 Å². The van der Waals surface area contributed by atoms with E-state index in [9.17, 15) is 4.79 Å². The smallest absolute Gasteiger partial charge is 0.221 e. The summed E-state index contributed by atoms with van der Waals surface area (Å²) in [6.45, 7) is 3.15. The van der Waals surface area contributed by atoms with Crippen molar-refractivity contribution in [1.82, 2.24) is 10.6 Å². The van der Waals surface area contributed by atoms with Crippen molar-refractivity contribution in [3.05, 3.63) is 29.8 Å². The summed E-state index contributed by atoms with van der Waals surface area (Å²) >= 11 is 0. The highest BCUT2D eigenvalue weighted by molar-refractivity contribution is 5.88. The van der Waals surface area contributed by atoms with E-state index in [-0.39, 0.29) is 5.91 Å². The lowest BCUT2D eigenvalue weighted by molar-refractivity contribution is -0.114. The molecule has 0 aromatic heterocycles. The second kappa shape index (κ2) is 10.7. The summed E-state index contributed by atoms with van der Waals surface area (Å²) in [5, 5.41) is 9.51. The zero-order chi connectivity index (χ0) is 17.9. The van der Waals surface area contributed by atoms with Gasteiger partial charge in [-0.1, -0.05) is 50.7 Å². The number of hydrogen-bond acceptors (Lipinski definition) is 2. The van der Waals surface area contributed by atoms with E-state index >= 15 is 0 Å². The van der Waals surface area contributed by atoms with E-state index in [1.54, 1.807) is 7.05 Å². The van der Waals surface area contributed by atoms with Gasteiger partial charge >= 0.3 is 0 Å². The van der Waals surface area contributed by atoms with E-state index in [1.165, 1.54) is 51.9 Å². The van der Waals surface area contributed by atoms with Gasteiger partial charge in [0.15, 0.2) is 5.96 Å². The monoisotopic (exact) mass is 344 g/mol. The number of amides is 1. The van der Waals surface area contributed by atoms with Crippen LogP contribution in [0.1, 0.15) is 57.4 Å². The van der Waals surface area contributed by atoms with E-state index < -0.39 is 0 Å². The number of unbranched alkanes of at least 4 members (excludes halogenated alkanes) is 1. The van der Waals surface area contributed by atoms with Gasteiger partial charge in [0.2, 0.25) is 5.91 Å². The van der Waals surface area contributed by atoms with Gasteiger partial charge in [-0.15, -0.1) is 0 Å². The summed E-state index contributed by atoms with van der Waals surface area (Å²) in [7, 11) is 1.79. The summed E-state index contributed by atoms with van der Waals surface area (Å²) in [5.41, 5.74) is 1.93. The van der Waals surface area contributed by atoms with Crippen molar-refractivity contribution in [3.63, 3.8) is 0 Å². The average molecular weight is 345 g/mol. The number of nitrogens with one attached hydrogen (secondary N) is 3. The highest BCUT2D eigenvalue weighted by Gasteiger charge is 2.13.